The largest absolute Gasteiger partial charge is 0.383 e. The van der Waals surface area contributed by atoms with Crippen LogP contribution in [0.15, 0.2) is 9.59 Å². The van der Waals surface area contributed by atoms with Gasteiger partial charge in [0.1, 0.15) is 11.5 Å². The van der Waals surface area contributed by atoms with E-state index in [1.165, 1.54) is 17.4 Å². The number of nitrogen functional groups attached to an aromatic ring is 1. The molecule has 0 aromatic carbocycles. The highest BCUT2D eigenvalue weighted by atomic mass is 16.2. The predicted molar refractivity (Wildman–Crippen MR) is 80.2 cm³/mol. The van der Waals surface area contributed by atoms with Crippen LogP contribution in [0.5, 0.6) is 0 Å². The molecule has 0 spiro atoms. The van der Waals surface area contributed by atoms with Gasteiger partial charge in [-0.15, -0.1) is 0 Å². The normalized spacial score (nSPS) is 17.3. The van der Waals surface area contributed by atoms with E-state index in [-0.39, 0.29) is 17.5 Å². The Hall–Kier alpha value is -1.76. The van der Waals surface area contributed by atoms with Gasteiger partial charge in [0, 0.05) is 19.1 Å². The van der Waals surface area contributed by atoms with Gasteiger partial charge in [-0.25, -0.2) is 4.79 Å². The third-order valence-corrected chi connectivity index (χ3v) is 3.68. The number of rotatable bonds is 5. The highest BCUT2D eigenvalue weighted by Crippen LogP contribution is 2.13. The summed E-state index contributed by atoms with van der Waals surface area (Å²) in [6.07, 6.45) is 2.46. The number of nitrogens with two attached hydrogens (primary N) is 1. The maximum atomic E-state index is 11.9. The number of nitrogens with zero attached hydrogens (tertiary/aromatic N) is 2. The Balaban J connectivity index is 2.16. The Kier molecular flexibility index (Phi) is 4.49. The van der Waals surface area contributed by atoms with Gasteiger partial charge in [-0.3, -0.25) is 14.3 Å². The fourth-order valence-electron chi connectivity index (χ4n) is 2.69. The van der Waals surface area contributed by atoms with Crippen LogP contribution in [-0.2, 0) is 6.54 Å². The summed E-state index contributed by atoms with van der Waals surface area (Å²) in [5.74, 6) is 0.203. The van der Waals surface area contributed by atoms with E-state index in [4.69, 9.17) is 5.73 Å². The first kappa shape index (κ1) is 14.6. The summed E-state index contributed by atoms with van der Waals surface area (Å²) in [6, 6.07) is 0.0966. The molecule has 0 radical (unpaired) electrons. The molecule has 1 unspecified atom stereocenters. The lowest BCUT2D eigenvalue weighted by Crippen LogP contribution is -2.38. The standard InChI is InChI=1S/C13H23N5O2/c1-3-18-11(14)10(12(19)16-13(18)20)15-9(2)8-17-6-4-5-7-17/h9,15H,3-8,14H2,1-2H3,(H,16,19,20). The smallest absolute Gasteiger partial charge is 0.330 e. The summed E-state index contributed by atoms with van der Waals surface area (Å²) in [7, 11) is 0. The van der Waals surface area contributed by atoms with E-state index >= 15 is 0 Å². The zero-order chi connectivity index (χ0) is 14.7. The summed E-state index contributed by atoms with van der Waals surface area (Å²) in [4.78, 5) is 28.1. The van der Waals surface area contributed by atoms with Crippen LogP contribution in [0.2, 0.25) is 0 Å². The van der Waals surface area contributed by atoms with Gasteiger partial charge in [-0.2, -0.15) is 0 Å². The molecule has 1 atom stereocenters. The molecular formula is C13H23N5O2. The van der Waals surface area contributed by atoms with E-state index in [9.17, 15) is 9.59 Å². The van der Waals surface area contributed by atoms with Crippen molar-refractivity contribution in [2.24, 2.45) is 0 Å². The van der Waals surface area contributed by atoms with E-state index in [0.29, 0.717) is 6.54 Å². The quantitative estimate of drug-likeness (QED) is 0.708. The molecule has 0 bridgehead atoms. The minimum atomic E-state index is -0.465. The molecule has 1 fully saturated rings. The minimum absolute atomic E-state index is 0.0966. The van der Waals surface area contributed by atoms with Crippen molar-refractivity contribution in [1.29, 1.82) is 0 Å². The number of hydrogen-bond donors (Lipinski definition) is 3. The number of anilines is 2. The van der Waals surface area contributed by atoms with Crippen molar-refractivity contribution in [3.8, 4) is 0 Å². The minimum Gasteiger partial charge on any atom is -0.383 e. The molecule has 112 valence electrons. The summed E-state index contributed by atoms with van der Waals surface area (Å²) in [5, 5.41) is 3.14. The van der Waals surface area contributed by atoms with Gasteiger partial charge in [-0.1, -0.05) is 0 Å². The van der Waals surface area contributed by atoms with Crippen LogP contribution in [-0.4, -0.2) is 40.1 Å². The van der Waals surface area contributed by atoms with Gasteiger partial charge < -0.3 is 16.0 Å². The Bertz CT molecular complexity index is 571. The van der Waals surface area contributed by atoms with Crippen LogP contribution in [0.1, 0.15) is 26.7 Å². The Morgan fingerprint density at radius 2 is 2.00 bits per heavy atom. The number of likely N-dealkylation sites (tertiary alicyclic amines) is 1. The fraction of sp³-hybridized carbons (Fsp3) is 0.692. The van der Waals surface area contributed by atoms with Gasteiger partial charge >= 0.3 is 5.69 Å². The summed E-state index contributed by atoms with van der Waals surface area (Å²) in [6.45, 7) is 7.32. The average Bonchev–Trinajstić information content (AvgIpc) is 2.87. The van der Waals surface area contributed by atoms with Gasteiger partial charge in [0.05, 0.1) is 0 Å². The summed E-state index contributed by atoms with van der Waals surface area (Å²) >= 11 is 0. The first-order chi connectivity index (χ1) is 9.52. The lowest BCUT2D eigenvalue weighted by atomic mass is 10.3. The number of aromatic amines is 1. The molecule has 1 aliphatic heterocycles. The third-order valence-electron chi connectivity index (χ3n) is 3.68. The maximum Gasteiger partial charge on any atom is 0.330 e. The lowest BCUT2D eigenvalue weighted by molar-refractivity contribution is 0.328. The van der Waals surface area contributed by atoms with Crippen molar-refractivity contribution in [2.75, 3.05) is 30.7 Å². The summed E-state index contributed by atoms with van der Waals surface area (Å²) in [5.41, 5.74) is 5.29. The second kappa shape index (κ2) is 6.13. The molecule has 20 heavy (non-hydrogen) atoms. The Morgan fingerprint density at radius 1 is 1.35 bits per heavy atom. The molecule has 0 amide bonds. The number of hydrogen-bond acceptors (Lipinski definition) is 5. The highest BCUT2D eigenvalue weighted by Gasteiger charge is 2.17. The van der Waals surface area contributed by atoms with Crippen molar-refractivity contribution in [1.82, 2.24) is 14.5 Å². The van der Waals surface area contributed by atoms with Crippen LogP contribution >= 0.6 is 0 Å². The van der Waals surface area contributed by atoms with Gasteiger partial charge in [0.2, 0.25) is 0 Å². The van der Waals surface area contributed by atoms with Gasteiger partial charge in [-0.05, 0) is 39.8 Å². The zero-order valence-corrected chi connectivity index (χ0v) is 12.1. The van der Waals surface area contributed by atoms with Crippen molar-refractivity contribution >= 4 is 11.5 Å². The molecule has 7 nitrogen and oxygen atoms in total. The van der Waals surface area contributed by atoms with Crippen molar-refractivity contribution in [3.05, 3.63) is 20.8 Å². The second-order valence-electron chi connectivity index (χ2n) is 5.32. The van der Waals surface area contributed by atoms with Crippen LogP contribution in [0.3, 0.4) is 0 Å². The van der Waals surface area contributed by atoms with Crippen molar-refractivity contribution in [2.45, 2.75) is 39.3 Å². The number of nitrogens with one attached hydrogen (secondary N) is 2. The molecule has 4 N–H and O–H groups in total. The fourth-order valence-corrected chi connectivity index (χ4v) is 2.69. The van der Waals surface area contributed by atoms with Crippen LogP contribution in [0.4, 0.5) is 11.5 Å². The second-order valence-corrected chi connectivity index (χ2v) is 5.32. The molecule has 1 aliphatic rings. The summed E-state index contributed by atoms with van der Waals surface area (Å²) < 4.78 is 1.35. The number of H-pyrrole nitrogens is 1. The van der Waals surface area contributed by atoms with E-state index in [2.05, 4.69) is 15.2 Å². The van der Waals surface area contributed by atoms with Gasteiger partial charge in [0.25, 0.3) is 5.56 Å². The van der Waals surface area contributed by atoms with Crippen molar-refractivity contribution < 1.29 is 0 Å². The molecule has 1 aromatic heterocycles. The molecule has 0 aliphatic carbocycles. The Labute approximate surface area is 117 Å². The number of aromatic nitrogens is 2. The zero-order valence-electron chi connectivity index (χ0n) is 12.1. The first-order valence-electron chi connectivity index (χ1n) is 7.14. The van der Waals surface area contributed by atoms with E-state index < -0.39 is 11.2 Å². The van der Waals surface area contributed by atoms with Crippen LogP contribution in [0, 0.1) is 0 Å². The molecule has 0 saturated carbocycles. The van der Waals surface area contributed by atoms with Crippen molar-refractivity contribution in [3.63, 3.8) is 0 Å². The van der Waals surface area contributed by atoms with Crippen LogP contribution in [0.25, 0.3) is 0 Å². The van der Waals surface area contributed by atoms with Gasteiger partial charge in [0.15, 0.2) is 0 Å². The highest BCUT2D eigenvalue weighted by molar-refractivity contribution is 5.60. The first-order valence-corrected chi connectivity index (χ1v) is 7.14. The van der Waals surface area contributed by atoms with E-state index in [1.54, 1.807) is 0 Å². The average molecular weight is 281 g/mol. The molecular weight excluding hydrogens is 258 g/mol. The van der Waals surface area contributed by atoms with Crippen LogP contribution < -0.4 is 22.3 Å². The molecule has 2 heterocycles. The van der Waals surface area contributed by atoms with E-state index in [0.717, 1.165) is 19.6 Å². The predicted octanol–water partition coefficient (Wildman–Crippen LogP) is 0.0349. The lowest BCUT2D eigenvalue weighted by Gasteiger charge is -2.22. The van der Waals surface area contributed by atoms with E-state index in [1.807, 2.05) is 13.8 Å². The molecule has 7 heteroatoms. The Morgan fingerprint density at radius 3 is 2.60 bits per heavy atom. The SMILES string of the molecule is CCn1c(N)c(NC(C)CN2CCCC2)c(=O)[nH]c1=O. The monoisotopic (exact) mass is 281 g/mol. The maximum absolute atomic E-state index is 11.9. The third kappa shape index (κ3) is 3.04. The molecule has 2 rings (SSSR count). The molecule has 1 aromatic rings. The topological polar surface area (TPSA) is 96.2 Å². The molecule has 1 saturated heterocycles.